The second kappa shape index (κ2) is 6.67. The summed E-state index contributed by atoms with van der Waals surface area (Å²) in [6.07, 6.45) is 6.55. The molecule has 0 aliphatic carbocycles. The lowest BCUT2D eigenvalue weighted by Gasteiger charge is -2.31. The van der Waals surface area contributed by atoms with Gasteiger partial charge in [-0.3, -0.25) is 0 Å². The van der Waals surface area contributed by atoms with Crippen molar-refractivity contribution in [3.8, 4) is 0 Å². The second-order valence-electron chi connectivity index (χ2n) is 3.74. The van der Waals surface area contributed by atoms with Gasteiger partial charge in [-0.25, -0.2) is 0 Å². The molecule has 0 aromatic carbocycles. The molecule has 0 heterocycles. The van der Waals surface area contributed by atoms with E-state index < -0.39 is 0 Å². The van der Waals surface area contributed by atoms with Gasteiger partial charge in [-0.15, -0.1) is 0 Å². The number of hydrogen-bond acceptors (Lipinski definition) is 1. The van der Waals surface area contributed by atoms with Crippen molar-refractivity contribution in [3.05, 3.63) is 0 Å². The van der Waals surface area contributed by atoms with E-state index in [1.54, 1.807) is 0 Å². The third-order valence-electron chi connectivity index (χ3n) is 3.01. The van der Waals surface area contributed by atoms with Gasteiger partial charge in [0.05, 0.1) is 0 Å². The molecule has 0 amide bonds. The van der Waals surface area contributed by atoms with Gasteiger partial charge in [0.25, 0.3) is 0 Å². The lowest BCUT2D eigenvalue weighted by atomic mass is 9.79. The molecule has 0 aliphatic rings. The molecule has 0 aliphatic heterocycles. The van der Waals surface area contributed by atoms with Crippen LogP contribution in [0.1, 0.15) is 52.9 Å². The Morgan fingerprint density at radius 1 is 1.17 bits per heavy atom. The normalized spacial score (nSPS) is 12.2. The lowest BCUT2D eigenvalue weighted by molar-refractivity contribution is 0.127. The predicted molar refractivity (Wildman–Crippen MR) is 58.4 cm³/mol. The maximum absolute atomic E-state index is 5.43. The highest BCUT2D eigenvalue weighted by Gasteiger charge is 2.24. The summed E-state index contributed by atoms with van der Waals surface area (Å²) in [5.41, 5.74) is 0.498. The first kappa shape index (κ1) is 12.2. The van der Waals surface area contributed by atoms with Crippen molar-refractivity contribution in [2.24, 2.45) is 5.41 Å². The molecule has 0 fully saturated rings. The van der Waals surface area contributed by atoms with E-state index in [2.05, 4.69) is 20.8 Å². The lowest BCUT2D eigenvalue weighted by Crippen LogP contribution is -2.25. The molecule has 0 spiro atoms. The molecule has 0 N–H and O–H groups in total. The van der Waals surface area contributed by atoms with E-state index in [0.717, 1.165) is 17.1 Å². The second-order valence-corrected chi connectivity index (χ2v) is 4.32. The van der Waals surface area contributed by atoms with E-state index >= 15 is 0 Å². The molecule has 0 aromatic rings. The maximum Gasteiger partial charge on any atom is 0.145 e. The number of rotatable bonds is 7. The van der Waals surface area contributed by atoms with Crippen LogP contribution in [0, 0.1) is 5.41 Å². The van der Waals surface area contributed by atoms with Gasteiger partial charge in [0.1, 0.15) is 10.5 Å². The minimum atomic E-state index is 0.498. The molecular formula is C10H24OSi. The van der Waals surface area contributed by atoms with E-state index in [1.807, 2.05) is 0 Å². The third kappa shape index (κ3) is 3.72. The molecule has 0 saturated heterocycles. The summed E-state index contributed by atoms with van der Waals surface area (Å²) < 4.78 is 5.43. The highest BCUT2D eigenvalue weighted by Crippen LogP contribution is 2.32. The van der Waals surface area contributed by atoms with Crippen LogP contribution in [0.3, 0.4) is 0 Å². The van der Waals surface area contributed by atoms with Gasteiger partial charge in [-0.2, -0.15) is 0 Å². The summed E-state index contributed by atoms with van der Waals surface area (Å²) in [5, 5.41) is 0. The maximum atomic E-state index is 5.43. The van der Waals surface area contributed by atoms with Crippen LogP contribution in [0.15, 0.2) is 0 Å². The van der Waals surface area contributed by atoms with Gasteiger partial charge < -0.3 is 4.43 Å². The van der Waals surface area contributed by atoms with Gasteiger partial charge in [-0.1, -0.05) is 33.6 Å². The van der Waals surface area contributed by atoms with Crippen LogP contribution in [0.2, 0.25) is 0 Å². The molecule has 1 nitrogen and oxygen atoms in total. The van der Waals surface area contributed by atoms with Crippen molar-refractivity contribution >= 4 is 10.5 Å². The van der Waals surface area contributed by atoms with Crippen LogP contribution >= 0.6 is 0 Å². The van der Waals surface area contributed by atoms with Gasteiger partial charge in [0, 0.05) is 6.61 Å². The van der Waals surface area contributed by atoms with Crippen LogP contribution in [-0.4, -0.2) is 17.1 Å². The average molecular weight is 188 g/mol. The smallest absolute Gasteiger partial charge is 0.145 e. The van der Waals surface area contributed by atoms with E-state index in [0.29, 0.717) is 5.41 Å². The molecule has 0 bridgehead atoms. The van der Waals surface area contributed by atoms with Crippen molar-refractivity contribution in [2.45, 2.75) is 52.9 Å². The summed E-state index contributed by atoms with van der Waals surface area (Å²) in [7, 11) is 0.888. The monoisotopic (exact) mass is 188 g/mol. The molecule has 0 unspecified atom stereocenters. The predicted octanol–water partition coefficient (Wildman–Crippen LogP) is 2.28. The zero-order valence-corrected chi connectivity index (χ0v) is 11.2. The van der Waals surface area contributed by atoms with Gasteiger partial charge >= 0.3 is 0 Å². The molecule has 12 heavy (non-hydrogen) atoms. The largest absolute Gasteiger partial charge is 0.427 e. The molecule has 0 rings (SSSR count). The van der Waals surface area contributed by atoms with Crippen LogP contribution in [0.5, 0.6) is 0 Å². The fourth-order valence-electron chi connectivity index (χ4n) is 1.74. The molecule has 0 aromatic heterocycles. The topological polar surface area (TPSA) is 9.23 Å². The molecule has 0 atom stereocenters. The summed E-state index contributed by atoms with van der Waals surface area (Å²) in [4.78, 5) is 0. The van der Waals surface area contributed by atoms with Crippen molar-refractivity contribution < 1.29 is 4.43 Å². The molecule has 74 valence electrons. The molecule has 2 heteroatoms. The first-order valence-corrected chi connectivity index (χ1v) is 6.05. The number of hydrogen-bond donors (Lipinski definition) is 0. The first-order valence-electron chi connectivity index (χ1n) is 5.23. The van der Waals surface area contributed by atoms with Gasteiger partial charge in [0.15, 0.2) is 0 Å². The van der Waals surface area contributed by atoms with E-state index in [-0.39, 0.29) is 0 Å². The fourth-order valence-corrected chi connectivity index (χ4v) is 2.35. The Bertz CT molecular complexity index is 100. The minimum Gasteiger partial charge on any atom is -0.427 e. The quantitative estimate of drug-likeness (QED) is 0.557. The van der Waals surface area contributed by atoms with Crippen molar-refractivity contribution in [1.82, 2.24) is 0 Å². The third-order valence-corrected chi connectivity index (χ3v) is 3.30. The highest BCUT2D eigenvalue weighted by atomic mass is 28.2. The van der Waals surface area contributed by atoms with Crippen LogP contribution in [0.4, 0.5) is 0 Å². The summed E-state index contributed by atoms with van der Waals surface area (Å²) in [6, 6.07) is 0. The van der Waals surface area contributed by atoms with E-state index in [1.165, 1.54) is 32.1 Å². The first-order chi connectivity index (χ1) is 5.74. The van der Waals surface area contributed by atoms with Crippen LogP contribution < -0.4 is 0 Å². The zero-order chi connectivity index (χ0) is 9.45. The standard InChI is InChI=1S/C10H24OSi/c1-4-7-8-10(5-2,6-3)9-11-12/h4-9H2,1-3,12H3. The Kier molecular flexibility index (Phi) is 6.77. The Morgan fingerprint density at radius 2 is 1.75 bits per heavy atom. The van der Waals surface area contributed by atoms with Crippen molar-refractivity contribution in [2.75, 3.05) is 6.61 Å². The Labute approximate surface area is 80.4 Å². The SMILES string of the molecule is CCCCC(CC)(CC)CO[SiH3]. The van der Waals surface area contributed by atoms with Crippen LogP contribution in [0.25, 0.3) is 0 Å². The van der Waals surface area contributed by atoms with Gasteiger partial charge in [-0.05, 0) is 24.7 Å². The minimum absolute atomic E-state index is 0.498. The Balaban J connectivity index is 3.95. The Morgan fingerprint density at radius 3 is 2.08 bits per heavy atom. The molecule has 0 radical (unpaired) electrons. The average Bonchev–Trinajstić information content (AvgIpc) is 2.13. The number of unbranched alkanes of at least 4 members (excludes halogenated alkanes) is 1. The van der Waals surface area contributed by atoms with E-state index in [4.69, 9.17) is 4.43 Å². The van der Waals surface area contributed by atoms with E-state index in [9.17, 15) is 0 Å². The molecular weight excluding hydrogens is 164 g/mol. The highest BCUT2D eigenvalue weighted by molar-refractivity contribution is 5.97. The summed E-state index contributed by atoms with van der Waals surface area (Å²) in [6.45, 7) is 7.84. The van der Waals surface area contributed by atoms with Crippen molar-refractivity contribution in [1.29, 1.82) is 0 Å². The van der Waals surface area contributed by atoms with Crippen LogP contribution in [-0.2, 0) is 4.43 Å². The summed E-state index contributed by atoms with van der Waals surface area (Å²) in [5.74, 6) is 0. The fraction of sp³-hybridized carbons (Fsp3) is 1.00. The zero-order valence-electron chi connectivity index (χ0n) is 9.15. The molecule has 0 saturated carbocycles. The summed E-state index contributed by atoms with van der Waals surface area (Å²) >= 11 is 0. The Hall–Kier alpha value is 0.177. The van der Waals surface area contributed by atoms with Gasteiger partial charge in [0.2, 0.25) is 0 Å². The van der Waals surface area contributed by atoms with Crippen molar-refractivity contribution in [3.63, 3.8) is 0 Å².